The third-order valence-electron chi connectivity index (χ3n) is 3.21. The van der Waals surface area contributed by atoms with Crippen LogP contribution in [0.25, 0.3) is 0 Å². The van der Waals surface area contributed by atoms with Crippen molar-refractivity contribution in [2.75, 3.05) is 11.9 Å². The lowest BCUT2D eigenvalue weighted by atomic mass is 9.93. The van der Waals surface area contributed by atoms with E-state index in [0.29, 0.717) is 17.3 Å². The first kappa shape index (κ1) is 12.2. The first-order chi connectivity index (χ1) is 8.00. The summed E-state index contributed by atoms with van der Waals surface area (Å²) < 4.78 is 0. The van der Waals surface area contributed by atoms with E-state index in [0.717, 1.165) is 18.4 Å². The second kappa shape index (κ2) is 4.20. The van der Waals surface area contributed by atoms with Gasteiger partial charge in [0.25, 0.3) is 0 Å². The molecule has 1 aromatic rings. The molecule has 0 heterocycles. The molecule has 92 valence electrons. The minimum atomic E-state index is -0.239. The molecule has 4 N–H and O–H groups in total. The fourth-order valence-corrected chi connectivity index (χ4v) is 2.45. The van der Waals surface area contributed by atoms with Crippen LogP contribution in [0.4, 0.5) is 5.69 Å². The predicted octanol–water partition coefficient (Wildman–Crippen LogP) is 1.99. The Hall–Kier alpha value is -1.26. The Balaban J connectivity index is 2.55. The molecule has 17 heavy (non-hydrogen) atoms. The van der Waals surface area contributed by atoms with Gasteiger partial charge < -0.3 is 16.2 Å². The summed E-state index contributed by atoms with van der Waals surface area (Å²) in [6.45, 7) is 1.86. The van der Waals surface area contributed by atoms with E-state index in [2.05, 4.69) is 5.32 Å². The van der Waals surface area contributed by atoms with Gasteiger partial charge in [0, 0.05) is 29.5 Å². The number of nitrogens with one attached hydrogen (secondary N) is 1. The molecule has 0 atom stereocenters. The number of hydrogen-bond donors (Lipinski definition) is 3. The molecule has 5 heteroatoms. The lowest BCUT2D eigenvalue weighted by Gasteiger charge is -2.20. The summed E-state index contributed by atoms with van der Waals surface area (Å²) in [5.74, 6) is -0.212. The number of halogens is 1. The highest BCUT2D eigenvalue weighted by atomic mass is 35.5. The molecular weight excluding hydrogens is 240 g/mol. The van der Waals surface area contributed by atoms with E-state index in [-0.39, 0.29) is 17.1 Å². The molecule has 0 aromatic heterocycles. The summed E-state index contributed by atoms with van der Waals surface area (Å²) in [4.78, 5) is 11.2. The molecular formula is C12H15ClN2O2. The topological polar surface area (TPSA) is 75.3 Å². The fourth-order valence-electron chi connectivity index (χ4n) is 2.09. The Bertz CT molecular complexity index is 470. The van der Waals surface area contributed by atoms with E-state index >= 15 is 0 Å². The normalized spacial score (nSPS) is 16.6. The van der Waals surface area contributed by atoms with Gasteiger partial charge in [-0.2, -0.15) is 0 Å². The van der Waals surface area contributed by atoms with Crippen LogP contribution >= 0.6 is 11.6 Å². The lowest BCUT2D eigenvalue weighted by molar-refractivity contribution is -0.114. The first-order valence-corrected chi connectivity index (χ1v) is 5.87. The van der Waals surface area contributed by atoms with Crippen LogP contribution in [0.5, 0.6) is 5.75 Å². The van der Waals surface area contributed by atoms with Gasteiger partial charge in [-0.15, -0.1) is 0 Å². The van der Waals surface area contributed by atoms with Crippen molar-refractivity contribution in [2.45, 2.75) is 25.2 Å². The van der Waals surface area contributed by atoms with Crippen LogP contribution in [-0.2, 0) is 10.2 Å². The van der Waals surface area contributed by atoms with Crippen LogP contribution in [0.15, 0.2) is 12.1 Å². The number of aromatic hydroxyl groups is 1. The smallest absolute Gasteiger partial charge is 0.221 e. The van der Waals surface area contributed by atoms with E-state index in [1.54, 1.807) is 6.07 Å². The van der Waals surface area contributed by atoms with Crippen LogP contribution in [0.3, 0.4) is 0 Å². The van der Waals surface area contributed by atoms with Crippen molar-refractivity contribution >= 4 is 23.2 Å². The molecule has 4 nitrogen and oxygen atoms in total. The van der Waals surface area contributed by atoms with E-state index in [1.807, 2.05) is 0 Å². The number of rotatable bonds is 3. The molecule has 0 aliphatic heterocycles. The number of phenols is 1. The van der Waals surface area contributed by atoms with Gasteiger partial charge in [-0.05, 0) is 25.0 Å². The largest absolute Gasteiger partial charge is 0.506 e. The van der Waals surface area contributed by atoms with Crippen molar-refractivity contribution in [1.82, 2.24) is 0 Å². The average Bonchev–Trinajstić information content (AvgIpc) is 3.04. The van der Waals surface area contributed by atoms with Crippen molar-refractivity contribution in [3.05, 3.63) is 22.7 Å². The molecule has 1 aliphatic carbocycles. The van der Waals surface area contributed by atoms with Crippen molar-refractivity contribution in [3.63, 3.8) is 0 Å². The quantitative estimate of drug-likeness (QED) is 0.722. The zero-order valence-electron chi connectivity index (χ0n) is 9.59. The van der Waals surface area contributed by atoms with Gasteiger partial charge in [0.05, 0.1) is 5.69 Å². The minimum Gasteiger partial charge on any atom is -0.506 e. The number of nitrogens with two attached hydrogens (primary N) is 1. The van der Waals surface area contributed by atoms with Crippen molar-refractivity contribution < 1.29 is 9.90 Å². The second-order valence-corrected chi connectivity index (χ2v) is 4.89. The number of carbonyl (C=O) groups excluding carboxylic acids is 1. The van der Waals surface area contributed by atoms with Gasteiger partial charge in [-0.25, -0.2) is 0 Å². The standard InChI is InChI=1S/C12H15ClN2O2/c1-7(16)15-11-9(17)3-2-8(13)10(11)12(6-14)4-5-12/h2-3,17H,4-6,14H2,1H3,(H,15,16). The Morgan fingerprint density at radius 3 is 2.71 bits per heavy atom. The summed E-state index contributed by atoms with van der Waals surface area (Å²) in [5, 5.41) is 13.0. The molecule has 1 aliphatic rings. The van der Waals surface area contributed by atoms with Gasteiger partial charge in [-0.1, -0.05) is 11.6 Å². The third kappa shape index (κ3) is 2.10. The van der Waals surface area contributed by atoms with E-state index in [4.69, 9.17) is 17.3 Å². The van der Waals surface area contributed by atoms with Crippen LogP contribution < -0.4 is 11.1 Å². The zero-order chi connectivity index (χ0) is 12.6. The third-order valence-corrected chi connectivity index (χ3v) is 3.52. The van der Waals surface area contributed by atoms with Gasteiger partial charge in [0.15, 0.2) is 0 Å². The molecule has 1 amide bonds. The number of carbonyl (C=O) groups is 1. The molecule has 0 unspecified atom stereocenters. The van der Waals surface area contributed by atoms with Gasteiger partial charge in [0.1, 0.15) is 5.75 Å². The number of hydrogen-bond acceptors (Lipinski definition) is 3. The molecule has 1 fully saturated rings. The van der Waals surface area contributed by atoms with E-state index in [1.165, 1.54) is 13.0 Å². The van der Waals surface area contributed by atoms with Crippen LogP contribution in [0, 0.1) is 0 Å². The Kier molecular flexibility index (Phi) is 3.02. The summed E-state index contributed by atoms with van der Waals surface area (Å²) in [6, 6.07) is 3.11. The van der Waals surface area contributed by atoms with E-state index in [9.17, 15) is 9.90 Å². The summed E-state index contributed by atoms with van der Waals surface area (Å²) >= 11 is 6.17. The van der Waals surface area contributed by atoms with Gasteiger partial charge in [0.2, 0.25) is 5.91 Å². The molecule has 0 saturated heterocycles. The Labute approximate surface area is 105 Å². The molecule has 0 spiro atoms. The lowest BCUT2D eigenvalue weighted by Crippen LogP contribution is -2.22. The highest BCUT2D eigenvalue weighted by molar-refractivity contribution is 6.32. The molecule has 2 rings (SSSR count). The molecule has 1 saturated carbocycles. The molecule has 0 bridgehead atoms. The van der Waals surface area contributed by atoms with Gasteiger partial charge in [-0.3, -0.25) is 4.79 Å². The van der Waals surface area contributed by atoms with Gasteiger partial charge >= 0.3 is 0 Å². The summed E-state index contributed by atoms with van der Waals surface area (Å²) in [5.41, 5.74) is 6.74. The fraction of sp³-hybridized carbons (Fsp3) is 0.417. The van der Waals surface area contributed by atoms with Crippen molar-refractivity contribution in [2.24, 2.45) is 5.73 Å². The van der Waals surface area contributed by atoms with Crippen molar-refractivity contribution in [3.8, 4) is 5.75 Å². The molecule has 1 aromatic carbocycles. The maximum absolute atomic E-state index is 11.2. The van der Waals surface area contributed by atoms with E-state index < -0.39 is 0 Å². The maximum atomic E-state index is 11.2. The van der Waals surface area contributed by atoms with Crippen LogP contribution in [-0.4, -0.2) is 17.6 Å². The Morgan fingerprint density at radius 2 is 2.24 bits per heavy atom. The highest BCUT2D eigenvalue weighted by Gasteiger charge is 2.46. The van der Waals surface area contributed by atoms with Crippen LogP contribution in [0.2, 0.25) is 5.02 Å². The Morgan fingerprint density at radius 1 is 1.59 bits per heavy atom. The number of phenolic OH excluding ortho intramolecular Hbond substituents is 1. The first-order valence-electron chi connectivity index (χ1n) is 5.50. The average molecular weight is 255 g/mol. The number of amides is 1. The summed E-state index contributed by atoms with van der Waals surface area (Å²) in [7, 11) is 0. The second-order valence-electron chi connectivity index (χ2n) is 4.48. The van der Waals surface area contributed by atoms with Crippen molar-refractivity contribution in [1.29, 1.82) is 0 Å². The minimum absolute atomic E-state index is 0.0272. The number of benzene rings is 1. The highest BCUT2D eigenvalue weighted by Crippen LogP contribution is 2.54. The maximum Gasteiger partial charge on any atom is 0.221 e. The summed E-state index contributed by atoms with van der Waals surface area (Å²) in [6.07, 6.45) is 1.86. The molecule has 0 radical (unpaired) electrons. The zero-order valence-corrected chi connectivity index (χ0v) is 10.3. The number of anilines is 1. The predicted molar refractivity (Wildman–Crippen MR) is 67.4 cm³/mol. The SMILES string of the molecule is CC(=O)Nc1c(O)ccc(Cl)c1C1(CN)CC1. The monoisotopic (exact) mass is 254 g/mol. The van der Waals surface area contributed by atoms with Crippen LogP contribution in [0.1, 0.15) is 25.3 Å².